The number of ether oxygens (including phenoxy) is 4. The fraction of sp³-hybridized carbons (Fsp3) is 0.786. The number of nitrogens with zero attached hydrogens (tertiary/aromatic N) is 2. The van der Waals surface area contributed by atoms with E-state index in [1.165, 1.54) is 5.57 Å². The van der Waals surface area contributed by atoms with Gasteiger partial charge in [-0.2, -0.15) is 0 Å². The van der Waals surface area contributed by atoms with Crippen LogP contribution in [0.25, 0.3) is 0 Å². The normalized spacial score (nSPS) is 37.9. The molecule has 0 bridgehead atoms. The number of rotatable bonds is 11. The molecule has 0 aromatic carbocycles. The number of likely N-dealkylation sites (tertiary alicyclic amines) is 1. The van der Waals surface area contributed by atoms with Crippen LogP contribution in [0.1, 0.15) is 53.4 Å². The minimum absolute atomic E-state index is 0.0348. The average Bonchev–Trinajstić information content (AvgIpc) is 3.75. The van der Waals surface area contributed by atoms with E-state index in [-0.39, 0.29) is 59.9 Å². The summed E-state index contributed by atoms with van der Waals surface area (Å²) in [7, 11) is 1.73. The molecule has 0 aromatic rings. The molecule has 3 aliphatic heterocycles. The van der Waals surface area contributed by atoms with Gasteiger partial charge in [-0.05, 0) is 59.3 Å². The van der Waals surface area contributed by atoms with Gasteiger partial charge in [0.25, 0.3) is 0 Å². The van der Waals surface area contributed by atoms with Crippen LogP contribution in [0.5, 0.6) is 0 Å². The molecular formula is C28H44N2O7. The van der Waals surface area contributed by atoms with Crippen molar-refractivity contribution >= 4 is 12.2 Å². The second-order valence-electron chi connectivity index (χ2n) is 11.5. The number of amides is 2. The van der Waals surface area contributed by atoms with E-state index in [0.717, 1.165) is 19.3 Å². The van der Waals surface area contributed by atoms with Gasteiger partial charge in [0.15, 0.2) is 0 Å². The van der Waals surface area contributed by atoms with E-state index in [1.54, 1.807) is 23.0 Å². The van der Waals surface area contributed by atoms with Crippen LogP contribution in [-0.2, 0) is 18.9 Å². The highest BCUT2D eigenvalue weighted by Gasteiger charge is 2.72. The fourth-order valence-electron chi connectivity index (χ4n) is 6.96. The number of hydrogen-bond acceptors (Lipinski definition) is 6. The molecule has 4 rings (SSSR count). The number of methoxy groups -OCH3 is 1. The van der Waals surface area contributed by atoms with Crippen LogP contribution < -0.4 is 0 Å². The van der Waals surface area contributed by atoms with Gasteiger partial charge in [-0.15, -0.1) is 0 Å². The molecule has 3 saturated heterocycles. The Kier molecular flexibility index (Phi) is 8.26. The summed E-state index contributed by atoms with van der Waals surface area (Å²) in [4.78, 5) is 27.8. The predicted molar refractivity (Wildman–Crippen MR) is 138 cm³/mol. The molecule has 3 heterocycles. The van der Waals surface area contributed by atoms with Crippen LogP contribution in [-0.4, -0.2) is 96.5 Å². The van der Waals surface area contributed by atoms with Crippen molar-refractivity contribution in [2.45, 2.75) is 82.8 Å². The van der Waals surface area contributed by atoms with E-state index in [9.17, 15) is 14.7 Å². The van der Waals surface area contributed by atoms with Crippen molar-refractivity contribution in [2.75, 3.05) is 40.0 Å². The lowest BCUT2D eigenvalue weighted by atomic mass is 9.61. The summed E-state index contributed by atoms with van der Waals surface area (Å²) in [6.45, 7) is 14.3. The summed E-state index contributed by atoms with van der Waals surface area (Å²) >= 11 is 0. The summed E-state index contributed by atoms with van der Waals surface area (Å²) in [6, 6.07) is -0.164. The van der Waals surface area contributed by atoms with Crippen LogP contribution in [0.3, 0.4) is 0 Å². The predicted octanol–water partition coefficient (Wildman–Crippen LogP) is 4.32. The number of carboxylic acid groups (broad SMARTS) is 1. The van der Waals surface area contributed by atoms with Gasteiger partial charge in [0.1, 0.15) is 12.2 Å². The van der Waals surface area contributed by atoms with E-state index in [0.29, 0.717) is 32.7 Å². The molecule has 37 heavy (non-hydrogen) atoms. The lowest BCUT2D eigenvalue weighted by Crippen LogP contribution is -2.67. The van der Waals surface area contributed by atoms with Gasteiger partial charge in [-0.25, -0.2) is 9.59 Å². The largest absolute Gasteiger partial charge is 0.465 e. The number of allylic oxidation sites excluding steroid dienone is 1. The van der Waals surface area contributed by atoms with Gasteiger partial charge in [0.05, 0.1) is 24.4 Å². The van der Waals surface area contributed by atoms with E-state index in [1.807, 2.05) is 6.92 Å². The molecule has 9 nitrogen and oxygen atoms in total. The second-order valence-corrected chi connectivity index (χ2v) is 11.5. The van der Waals surface area contributed by atoms with Crippen LogP contribution in [0.4, 0.5) is 9.59 Å². The van der Waals surface area contributed by atoms with Crippen molar-refractivity contribution in [1.82, 2.24) is 9.80 Å². The number of carbonyl (C=O) groups excluding carboxylic acids is 1. The number of carbonyl (C=O) groups is 2. The molecule has 208 valence electrons. The first-order valence-electron chi connectivity index (χ1n) is 13.6. The van der Waals surface area contributed by atoms with Crippen molar-refractivity contribution in [1.29, 1.82) is 0 Å². The Labute approximate surface area is 220 Å². The Hall–Kier alpha value is -2.10. The monoisotopic (exact) mass is 520 g/mol. The molecular weight excluding hydrogens is 476 g/mol. The van der Waals surface area contributed by atoms with Gasteiger partial charge >= 0.3 is 12.2 Å². The van der Waals surface area contributed by atoms with Gasteiger partial charge in [-0.1, -0.05) is 24.3 Å². The maximum absolute atomic E-state index is 12.4. The molecule has 1 spiro atoms. The standard InChI is InChI=1S/C28H44N2O7/c1-7-15-35-26(33)29(8-2)14-12-19-16-30(25(31)32)22(19)20-11-13-28(17-36-28)24(23(20)34-6)27(5)21(37-27)10-9-18(3)4/h7,9,19-24H,1,8,10-17H2,2-6H3,(H,31,32)/t19?,20-,21-,22?,23+,24-,27+,28+/m1/s1. The SMILES string of the molecule is C=CCOC(=O)N(CC)CCC1CN(C(=O)O)C1[C@H]1CC[C@]2(CO2)[C@@H]([C@@]2(C)O[C@@H]2CC=C(C)C)[C@H]1OC. The highest BCUT2D eigenvalue weighted by atomic mass is 16.6. The lowest BCUT2D eigenvalue weighted by molar-refractivity contribution is -0.131. The Balaban J connectivity index is 1.50. The fourth-order valence-corrected chi connectivity index (χ4v) is 6.96. The number of hydrogen-bond donors (Lipinski definition) is 1. The maximum Gasteiger partial charge on any atom is 0.410 e. The van der Waals surface area contributed by atoms with Gasteiger partial charge in [-0.3, -0.25) is 0 Å². The van der Waals surface area contributed by atoms with E-state index in [4.69, 9.17) is 18.9 Å². The first kappa shape index (κ1) is 27.9. The minimum Gasteiger partial charge on any atom is -0.465 e. The average molecular weight is 521 g/mol. The van der Waals surface area contributed by atoms with Crippen LogP contribution >= 0.6 is 0 Å². The molecule has 2 unspecified atom stereocenters. The Morgan fingerprint density at radius 1 is 1.32 bits per heavy atom. The first-order chi connectivity index (χ1) is 17.6. The van der Waals surface area contributed by atoms with Crippen molar-refractivity contribution in [3.05, 3.63) is 24.3 Å². The zero-order chi connectivity index (χ0) is 27.0. The van der Waals surface area contributed by atoms with Gasteiger partial charge in [0, 0.05) is 44.6 Å². The molecule has 1 N–H and O–H groups in total. The summed E-state index contributed by atoms with van der Waals surface area (Å²) in [5.74, 6) is 0.217. The third kappa shape index (κ3) is 5.40. The Bertz CT molecular complexity index is 899. The highest BCUT2D eigenvalue weighted by molar-refractivity contribution is 5.68. The molecule has 4 fully saturated rings. The molecule has 2 amide bonds. The van der Waals surface area contributed by atoms with Crippen molar-refractivity contribution in [3.8, 4) is 0 Å². The van der Waals surface area contributed by atoms with E-state index in [2.05, 4.69) is 33.4 Å². The zero-order valence-electron chi connectivity index (χ0n) is 23.0. The summed E-state index contributed by atoms with van der Waals surface area (Å²) in [6.07, 6.45) is 5.72. The molecule has 0 aromatic heterocycles. The minimum atomic E-state index is -0.899. The molecule has 0 radical (unpaired) electrons. The van der Waals surface area contributed by atoms with Crippen LogP contribution in [0, 0.1) is 17.8 Å². The molecule has 1 saturated carbocycles. The van der Waals surface area contributed by atoms with Crippen LogP contribution in [0.2, 0.25) is 0 Å². The third-order valence-electron chi connectivity index (χ3n) is 9.03. The Morgan fingerprint density at radius 3 is 2.62 bits per heavy atom. The Morgan fingerprint density at radius 2 is 2.05 bits per heavy atom. The van der Waals surface area contributed by atoms with Crippen molar-refractivity contribution < 1.29 is 33.6 Å². The smallest absolute Gasteiger partial charge is 0.410 e. The zero-order valence-corrected chi connectivity index (χ0v) is 23.0. The summed E-state index contributed by atoms with van der Waals surface area (Å²) < 4.78 is 23.8. The molecule has 9 heteroatoms. The van der Waals surface area contributed by atoms with Crippen molar-refractivity contribution in [2.24, 2.45) is 17.8 Å². The van der Waals surface area contributed by atoms with Crippen molar-refractivity contribution in [3.63, 3.8) is 0 Å². The summed E-state index contributed by atoms with van der Waals surface area (Å²) in [5.41, 5.74) is 0.666. The molecule has 8 atom stereocenters. The van der Waals surface area contributed by atoms with Crippen LogP contribution in [0.15, 0.2) is 24.3 Å². The summed E-state index contributed by atoms with van der Waals surface area (Å²) in [5, 5.41) is 9.97. The van der Waals surface area contributed by atoms with Gasteiger partial charge < -0.3 is 33.9 Å². The lowest BCUT2D eigenvalue weighted by Gasteiger charge is -2.55. The quantitative estimate of drug-likeness (QED) is 0.319. The third-order valence-corrected chi connectivity index (χ3v) is 9.03. The van der Waals surface area contributed by atoms with Gasteiger partial charge in [0.2, 0.25) is 0 Å². The molecule has 1 aliphatic carbocycles. The van der Waals surface area contributed by atoms with E-state index >= 15 is 0 Å². The number of epoxide rings is 2. The molecule has 4 aliphatic rings. The highest BCUT2D eigenvalue weighted by Crippen LogP contribution is 2.61. The van der Waals surface area contributed by atoms with E-state index < -0.39 is 6.09 Å². The maximum atomic E-state index is 12.4. The first-order valence-corrected chi connectivity index (χ1v) is 13.6. The topological polar surface area (TPSA) is 104 Å². The second kappa shape index (κ2) is 10.9.